The fourth-order valence-electron chi connectivity index (χ4n) is 2.90. The largest absolute Gasteiger partial charge is 0.497 e. The first-order valence-corrected chi connectivity index (χ1v) is 8.88. The topological polar surface area (TPSA) is 38.3 Å². The molecular formula is C16H25NO2S. The Labute approximate surface area is 124 Å². The number of rotatable bonds is 7. The molecule has 0 radical (unpaired) electrons. The van der Waals surface area contributed by atoms with Crippen LogP contribution >= 0.6 is 0 Å². The summed E-state index contributed by atoms with van der Waals surface area (Å²) in [6.07, 6.45) is 5.14. The minimum atomic E-state index is -0.752. The third-order valence-corrected chi connectivity index (χ3v) is 5.64. The van der Waals surface area contributed by atoms with E-state index in [2.05, 4.69) is 11.4 Å². The van der Waals surface area contributed by atoms with E-state index in [-0.39, 0.29) is 6.04 Å². The van der Waals surface area contributed by atoms with Crippen molar-refractivity contribution in [1.82, 2.24) is 5.32 Å². The van der Waals surface area contributed by atoms with E-state index >= 15 is 0 Å². The van der Waals surface area contributed by atoms with Gasteiger partial charge in [-0.15, -0.1) is 0 Å². The Morgan fingerprint density at radius 1 is 1.40 bits per heavy atom. The lowest BCUT2D eigenvalue weighted by atomic mass is 10.1. The van der Waals surface area contributed by atoms with Gasteiger partial charge >= 0.3 is 0 Å². The van der Waals surface area contributed by atoms with Crippen molar-refractivity contribution in [3.8, 4) is 5.75 Å². The van der Waals surface area contributed by atoms with Gasteiger partial charge < -0.3 is 10.1 Å². The summed E-state index contributed by atoms with van der Waals surface area (Å²) in [4.78, 5) is 0. The van der Waals surface area contributed by atoms with Gasteiger partial charge in [0.25, 0.3) is 0 Å². The van der Waals surface area contributed by atoms with Crippen LogP contribution in [0.2, 0.25) is 0 Å². The predicted octanol–water partition coefficient (Wildman–Crippen LogP) is 2.89. The Balaban J connectivity index is 1.94. The molecule has 0 spiro atoms. The van der Waals surface area contributed by atoms with E-state index in [0.29, 0.717) is 11.7 Å². The molecule has 0 aromatic heterocycles. The second kappa shape index (κ2) is 7.79. The minimum absolute atomic E-state index is 0.132. The lowest BCUT2D eigenvalue weighted by Crippen LogP contribution is -2.25. The molecule has 1 aromatic rings. The summed E-state index contributed by atoms with van der Waals surface area (Å²) in [6.45, 7) is 0. The monoisotopic (exact) mass is 295 g/mol. The van der Waals surface area contributed by atoms with Crippen LogP contribution in [0.5, 0.6) is 5.75 Å². The zero-order chi connectivity index (χ0) is 14.4. The molecule has 0 saturated heterocycles. The van der Waals surface area contributed by atoms with E-state index in [1.807, 2.05) is 25.2 Å². The molecule has 112 valence electrons. The van der Waals surface area contributed by atoms with Gasteiger partial charge in [0.15, 0.2) is 0 Å². The molecule has 0 heterocycles. The molecule has 0 aliphatic heterocycles. The first-order chi connectivity index (χ1) is 9.72. The predicted molar refractivity (Wildman–Crippen MR) is 84.6 cm³/mol. The van der Waals surface area contributed by atoms with Gasteiger partial charge in [-0.25, -0.2) is 0 Å². The van der Waals surface area contributed by atoms with Crippen molar-refractivity contribution >= 4 is 10.8 Å². The maximum Gasteiger partial charge on any atom is 0.119 e. The van der Waals surface area contributed by atoms with E-state index in [4.69, 9.17) is 4.74 Å². The normalized spacial score (nSPS) is 18.9. The van der Waals surface area contributed by atoms with Crippen LogP contribution in [-0.2, 0) is 10.8 Å². The molecular weight excluding hydrogens is 270 g/mol. The van der Waals surface area contributed by atoms with Crippen molar-refractivity contribution in [1.29, 1.82) is 0 Å². The van der Waals surface area contributed by atoms with Gasteiger partial charge in [0, 0.05) is 28.3 Å². The highest BCUT2D eigenvalue weighted by molar-refractivity contribution is 7.85. The molecule has 1 aliphatic rings. The average Bonchev–Trinajstić information content (AvgIpc) is 2.97. The Morgan fingerprint density at radius 3 is 2.80 bits per heavy atom. The van der Waals surface area contributed by atoms with Gasteiger partial charge in [0.1, 0.15) is 5.75 Å². The molecule has 1 aromatic carbocycles. The summed E-state index contributed by atoms with van der Waals surface area (Å²) >= 11 is 0. The molecule has 1 fully saturated rings. The SMILES string of the molecule is CNC(CS(=O)CC1CCCC1)c1cccc(OC)c1. The van der Waals surface area contributed by atoms with Crippen LogP contribution in [0, 0.1) is 5.92 Å². The summed E-state index contributed by atoms with van der Waals surface area (Å²) in [5.74, 6) is 3.07. The second-order valence-electron chi connectivity index (χ2n) is 5.54. The van der Waals surface area contributed by atoms with Crippen LogP contribution in [0.25, 0.3) is 0 Å². The van der Waals surface area contributed by atoms with Crippen molar-refractivity contribution in [2.24, 2.45) is 5.92 Å². The molecule has 4 heteroatoms. The number of nitrogens with one attached hydrogen (secondary N) is 1. The number of ether oxygens (including phenoxy) is 1. The van der Waals surface area contributed by atoms with Crippen LogP contribution in [-0.4, -0.2) is 29.9 Å². The van der Waals surface area contributed by atoms with Crippen LogP contribution in [0.1, 0.15) is 37.3 Å². The van der Waals surface area contributed by atoms with Crippen LogP contribution in [0.4, 0.5) is 0 Å². The lowest BCUT2D eigenvalue weighted by molar-refractivity contribution is 0.413. The fourth-order valence-corrected chi connectivity index (χ4v) is 4.62. The highest BCUT2D eigenvalue weighted by Gasteiger charge is 2.20. The van der Waals surface area contributed by atoms with Crippen LogP contribution in [0.3, 0.4) is 0 Å². The third-order valence-electron chi connectivity index (χ3n) is 4.09. The summed E-state index contributed by atoms with van der Waals surface area (Å²) in [5, 5.41) is 3.28. The molecule has 3 nitrogen and oxygen atoms in total. The molecule has 1 saturated carbocycles. The molecule has 1 N–H and O–H groups in total. The number of methoxy groups -OCH3 is 1. The van der Waals surface area contributed by atoms with Crippen LogP contribution < -0.4 is 10.1 Å². The van der Waals surface area contributed by atoms with E-state index in [0.717, 1.165) is 17.1 Å². The quantitative estimate of drug-likeness (QED) is 0.840. The van der Waals surface area contributed by atoms with Crippen molar-refractivity contribution in [2.45, 2.75) is 31.7 Å². The van der Waals surface area contributed by atoms with Gasteiger partial charge in [-0.2, -0.15) is 0 Å². The zero-order valence-electron chi connectivity index (χ0n) is 12.4. The second-order valence-corrected chi connectivity index (χ2v) is 7.09. The maximum atomic E-state index is 12.3. The van der Waals surface area contributed by atoms with Crippen molar-refractivity contribution in [2.75, 3.05) is 25.7 Å². The van der Waals surface area contributed by atoms with Gasteiger partial charge in [0.05, 0.1) is 7.11 Å². The average molecular weight is 295 g/mol. The molecule has 2 unspecified atom stereocenters. The van der Waals surface area contributed by atoms with Crippen molar-refractivity contribution in [3.63, 3.8) is 0 Å². The van der Waals surface area contributed by atoms with Crippen molar-refractivity contribution < 1.29 is 8.95 Å². The van der Waals surface area contributed by atoms with Gasteiger partial charge in [0.2, 0.25) is 0 Å². The summed E-state index contributed by atoms with van der Waals surface area (Å²) < 4.78 is 17.6. The number of benzene rings is 1. The molecule has 1 aliphatic carbocycles. The number of hydrogen-bond acceptors (Lipinski definition) is 3. The van der Waals surface area contributed by atoms with E-state index in [1.165, 1.54) is 25.7 Å². The first kappa shape index (κ1) is 15.5. The third kappa shape index (κ3) is 4.32. The van der Waals surface area contributed by atoms with Gasteiger partial charge in [-0.3, -0.25) is 4.21 Å². The Kier molecular flexibility index (Phi) is 6.05. The maximum absolute atomic E-state index is 12.3. The standard InChI is InChI=1S/C16H25NO2S/c1-17-16(14-8-5-9-15(10-14)19-2)12-20(18)11-13-6-3-4-7-13/h5,8-10,13,16-17H,3-4,6-7,11-12H2,1-2H3. The highest BCUT2D eigenvalue weighted by atomic mass is 32.2. The molecule has 0 bridgehead atoms. The minimum Gasteiger partial charge on any atom is -0.497 e. The summed E-state index contributed by atoms with van der Waals surface area (Å²) in [7, 11) is 2.85. The van der Waals surface area contributed by atoms with Gasteiger partial charge in [-0.1, -0.05) is 25.0 Å². The number of hydrogen-bond donors (Lipinski definition) is 1. The Bertz CT molecular complexity index is 444. The lowest BCUT2D eigenvalue weighted by Gasteiger charge is -2.18. The fraction of sp³-hybridized carbons (Fsp3) is 0.625. The van der Waals surface area contributed by atoms with E-state index < -0.39 is 10.8 Å². The molecule has 2 rings (SSSR count). The molecule has 20 heavy (non-hydrogen) atoms. The smallest absolute Gasteiger partial charge is 0.119 e. The first-order valence-electron chi connectivity index (χ1n) is 7.39. The van der Waals surface area contributed by atoms with Crippen LogP contribution in [0.15, 0.2) is 24.3 Å². The Morgan fingerprint density at radius 2 is 2.15 bits per heavy atom. The molecule has 0 amide bonds. The van der Waals surface area contributed by atoms with Crippen molar-refractivity contribution in [3.05, 3.63) is 29.8 Å². The van der Waals surface area contributed by atoms with E-state index in [1.54, 1.807) is 7.11 Å². The zero-order valence-corrected chi connectivity index (χ0v) is 13.2. The summed E-state index contributed by atoms with van der Waals surface area (Å²) in [6, 6.07) is 8.14. The molecule has 2 atom stereocenters. The van der Waals surface area contributed by atoms with Gasteiger partial charge in [-0.05, 0) is 43.5 Å². The van der Waals surface area contributed by atoms with E-state index in [9.17, 15) is 4.21 Å². The highest BCUT2D eigenvalue weighted by Crippen LogP contribution is 2.26. The Hall–Kier alpha value is -0.870. The summed E-state index contributed by atoms with van der Waals surface area (Å²) in [5.41, 5.74) is 1.15.